The zero-order chi connectivity index (χ0) is 12.3. The van der Waals surface area contributed by atoms with E-state index in [0.717, 1.165) is 0 Å². The molecular weight excluding hydrogens is 224 g/mol. The number of nitrogens with zero attached hydrogens (tertiary/aromatic N) is 3. The largest absolute Gasteiger partial charge is 0.382 e. The van der Waals surface area contributed by atoms with Gasteiger partial charge in [-0.3, -0.25) is 9.36 Å². The Labute approximate surface area is 97.4 Å². The van der Waals surface area contributed by atoms with Crippen molar-refractivity contribution in [3.63, 3.8) is 0 Å². The highest BCUT2D eigenvalue weighted by atomic mass is 16.5. The van der Waals surface area contributed by atoms with Crippen LogP contribution in [0.25, 0.3) is 11.2 Å². The molecule has 17 heavy (non-hydrogen) atoms. The van der Waals surface area contributed by atoms with Crippen molar-refractivity contribution in [3.8, 4) is 0 Å². The molecule has 0 atom stereocenters. The Hall–Kier alpha value is -1.73. The van der Waals surface area contributed by atoms with Gasteiger partial charge in [-0.1, -0.05) is 0 Å². The molecule has 0 saturated carbocycles. The highest BCUT2D eigenvalue weighted by Crippen LogP contribution is 2.05. The van der Waals surface area contributed by atoms with E-state index in [4.69, 9.17) is 9.47 Å². The van der Waals surface area contributed by atoms with E-state index in [-0.39, 0.29) is 5.56 Å². The lowest BCUT2D eigenvalue weighted by Crippen LogP contribution is -2.12. The summed E-state index contributed by atoms with van der Waals surface area (Å²) < 4.78 is 11.9. The second kappa shape index (κ2) is 5.07. The number of ether oxygens (including phenoxy) is 2. The van der Waals surface area contributed by atoms with Crippen LogP contribution in [-0.2, 0) is 16.2 Å². The Morgan fingerprint density at radius 2 is 2.29 bits per heavy atom. The first-order valence-electron chi connectivity index (χ1n) is 5.21. The van der Waals surface area contributed by atoms with E-state index in [9.17, 15) is 4.79 Å². The predicted molar refractivity (Wildman–Crippen MR) is 60.7 cm³/mol. The summed E-state index contributed by atoms with van der Waals surface area (Å²) in [6.07, 6.45) is 1.54. The highest BCUT2D eigenvalue weighted by Gasteiger charge is 2.08. The highest BCUT2D eigenvalue weighted by molar-refractivity contribution is 5.69. The number of H-pyrrole nitrogens is 1. The molecule has 0 aromatic carbocycles. The van der Waals surface area contributed by atoms with Crippen molar-refractivity contribution >= 4 is 11.2 Å². The van der Waals surface area contributed by atoms with Crippen LogP contribution < -0.4 is 5.56 Å². The van der Waals surface area contributed by atoms with E-state index in [0.29, 0.717) is 36.9 Å². The van der Waals surface area contributed by atoms with Crippen LogP contribution in [-0.4, -0.2) is 39.8 Å². The summed E-state index contributed by atoms with van der Waals surface area (Å²) in [5.74, 6) is 0.557. The summed E-state index contributed by atoms with van der Waals surface area (Å²) in [6, 6.07) is 0. The molecule has 2 aromatic rings. The maximum atomic E-state index is 11.6. The Bertz CT molecular complexity index is 560. The lowest BCUT2D eigenvalue weighted by molar-refractivity contribution is 0.0356. The number of aromatic nitrogens is 4. The lowest BCUT2D eigenvalue weighted by atomic mass is 10.5. The fourth-order valence-corrected chi connectivity index (χ4v) is 1.46. The Kier molecular flexibility index (Phi) is 3.50. The molecule has 7 heteroatoms. The maximum Gasteiger partial charge on any atom is 0.279 e. The molecule has 2 rings (SSSR count). The first-order valence-corrected chi connectivity index (χ1v) is 5.21. The molecule has 0 aliphatic heterocycles. The van der Waals surface area contributed by atoms with Gasteiger partial charge < -0.3 is 14.5 Å². The zero-order valence-electron chi connectivity index (χ0n) is 9.77. The van der Waals surface area contributed by atoms with E-state index in [2.05, 4.69) is 15.0 Å². The zero-order valence-corrected chi connectivity index (χ0v) is 9.77. The van der Waals surface area contributed by atoms with E-state index in [1.807, 2.05) is 0 Å². The lowest BCUT2D eigenvalue weighted by Gasteiger charge is -2.05. The first-order chi connectivity index (χ1) is 8.22. The van der Waals surface area contributed by atoms with Crippen LogP contribution in [0.3, 0.4) is 0 Å². The third-order valence-electron chi connectivity index (χ3n) is 2.26. The predicted octanol–water partition coefficient (Wildman–Crippen LogP) is 0.0485. The van der Waals surface area contributed by atoms with Crippen molar-refractivity contribution in [3.05, 3.63) is 22.5 Å². The molecule has 92 valence electrons. The van der Waals surface area contributed by atoms with E-state index >= 15 is 0 Å². The molecule has 2 aromatic heterocycles. The topological polar surface area (TPSA) is 82.0 Å². The number of hydrogen-bond acceptors (Lipinski definition) is 5. The maximum absolute atomic E-state index is 11.6. The normalized spacial score (nSPS) is 11.2. The van der Waals surface area contributed by atoms with E-state index < -0.39 is 0 Å². The third kappa shape index (κ3) is 2.51. The summed E-state index contributed by atoms with van der Waals surface area (Å²) in [7, 11) is 1.61. The van der Waals surface area contributed by atoms with Gasteiger partial charge in [0.1, 0.15) is 12.6 Å². The van der Waals surface area contributed by atoms with E-state index in [1.165, 1.54) is 0 Å². The van der Waals surface area contributed by atoms with Crippen LogP contribution in [0.4, 0.5) is 0 Å². The molecule has 0 aliphatic carbocycles. The summed E-state index contributed by atoms with van der Waals surface area (Å²) in [6.45, 7) is 3.04. The monoisotopic (exact) mass is 238 g/mol. The third-order valence-corrected chi connectivity index (χ3v) is 2.26. The number of imidazole rings is 1. The quantitative estimate of drug-likeness (QED) is 0.744. The van der Waals surface area contributed by atoms with Gasteiger partial charge in [0.2, 0.25) is 0 Å². The van der Waals surface area contributed by atoms with Crippen molar-refractivity contribution in [2.45, 2.75) is 13.7 Å². The fourth-order valence-electron chi connectivity index (χ4n) is 1.46. The van der Waals surface area contributed by atoms with Crippen LogP contribution in [0.5, 0.6) is 0 Å². The smallest absolute Gasteiger partial charge is 0.279 e. The molecule has 7 nitrogen and oxygen atoms in total. The summed E-state index contributed by atoms with van der Waals surface area (Å²) in [5, 5.41) is 0. The van der Waals surface area contributed by atoms with Crippen molar-refractivity contribution in [1.82, 2.24) is 19.5 Å². The molecule has 0 saturated heterocycles. The molecule has 0 unspecified atom stereocenters. The minimum atomic E-state index is -0.233. The number of fused-ring (bicyclic) bond motifs is 1. The standard InChI is InChI=1S/C10H14N4O3/c1-7-12-9-8(10(15)13-7)11-5-14(9)6-17-4-3-16-2/h5H,3-4,6H2,1-2H3,(H,12,13,15). The Morgan fingerprint density at radius 1 is 1.47 bits per heavy atom. The Balaban J connectivity index is 2.21. The second-order valence-electron chi connectivity index (χ2n) is 3.57. The SMILES string of the molecule is COCCOCn1cnc2c(=O)[nH]c(C)nc21. The number of aromatic amines is 1. The van der Waals surface area contributed by atoms with Crippen LogP contribution in [0, 0.1) is 6.92 Å². The van der Waals surface area contributed by atoms with Crippen LogP contribution in [0.15, 0.2) is 11.1 Å². The summed E-state index contributed by atoms with van der Waals surface area (Å²) in [4.78, 5) is 22.4. The first kappa shape index (κ1) is 11.7. The van der Waals surface area contributed by atoms with Gasteiger partial charge in [-0.05, 0) is 6.92 Å². The van der Waals surface area contributed by atoms with Gasteiger partial charge in [0.05, 0.1) is 19.5 Å². The molecular formula is C10H14N4O3. The van der Waals surface area contributed by atoms with Gasteiger partial charge in [-0.15, -0.1) is 0 Å². The van der Waals surface area contributed by atoms with Gasteiger partial charge in [-0.2, -0.15) is 0 Å². The van der Waals surface area contributed by atoms with Crippen molar-refractivity contribution in [2.75, 3.05) is 20.3 Å². The molecule has 0 spiro atoms. The van der Waals surface area contributed by atoms with Crippen LogP contribution in [0.1, 0.15) is 5.82 Å². The summed E-state index contributed by atoms with van der Waals surface area (Å²) in [5.41, 5.74) is 0.623. The van der Waals surface area contributed by atoms with Crippen LogP contribution in [0.2, 0.25) is 0 Å². The molecule has 0 bridgehead atoms. The number of hydrogen-bond donors (Lipinski definition) is 1. The molecule has 1 N–H and O–H groups in total. The second-order valence-corrected chi connectivity index (χ2v) is 3.57. The molecule has 0 amide bonds. The summed E-state index contributed by atoms with van der Waals surface area (Å²) >= 11 is 0. The van der Waals surface area contributed by atoms with Crippen molar-refractivity contribution in [2.24, 2.45) is 0 Å². The van der Waals surface area contributed by atoms with Gasteiger partial charge in [0, 0.05) is 7.11 Å². The number of rotatable bonds is 5. The average molecular weight is 238 g/mol. The van der Waals surface area contributed by atoms with Gasteiger partial charge in [0.15, 0.2) is 11.2 Å². The van der Waals surface area contributed by atoms with E-state index in [1.54, 1.807) is 24.9 Å². The number of nitrogens with one attached hydrogen (secondary N) is 1. The van der Waals surface area contributed by atoms with Gasteiger partial charge in [-0.25, -0.2) is 9.97 Å². The van der Waals surface area contributed by atoms with Crippen molar-refractivity contribution in [1.29, 1.82) is 0 Å². The average Bonchev–Trinajstić information content (AvgIpc) is 2.68. The van der Waals surface area contributed by atoms with Crippen LogP contribution >= 0.6 is 0 Å². The Morgan fingerprint density at radius 3 is 3.06 bits per heavy atom. The minimum Gasteiger partial charge on any atom is -0.382 e. The minimum absolute atomic E-state index is 0.233. The fraction of sp³-hybridized carbons (Fsp3) is 0.500. The molecule has 2 heterocycles. The van der Waals surface area contributed by atoms with Crippen molar-refractivity contribution < 1.29 is 9.47 Å². The molecule has 0 aliphatic rings. The molecule has 0 radical (unpaired) electrons. The molecule has 0 fully saturated rings. The number of aryl methyl sites for hydroxylation is 1. The van der Waals surface area contributed by atoms with Gasteiger partial charge in [0.25, 0.3) is 5.56 Å². The van der Waals surface area contributed by atoms with Gasteiger partial charge >= 0.3 is 0 Å². The number of methoxy groups -OCH3 is 1.